The number of hydrogen-bond acceptors (Lipinski definition) is 0. The fourth-order valence-corrected chi connectivity index (χ4v) is 1.29. The summed E-state index contributed by atoms with van der Waals surface area (Å²) in [5.74, 6) is 0. The van der Waals surface area contributed by atoms with Crippen molar-refractivity contribution in [2.45, 2.75) is 6.42 Å². The lowest BCUT2D eigenvalue weighted by atomic mass is 10.2. The molecule has 10 heavy (non-hydrogen) atoms. The molecule has 0 aliphatic rings. The first-order valence-corrected chi connectivity index (χ1v) is 3.93. The number of hydrogen-bond donors (Lipinski definition) is 0. The number of alkyl halides is 1. The number of aryl methyl sites for hydroxylation is 1. The molecule has 0 radical (unpaired) electrons. The van der Waals surface area contributed by atoms with Crippen LogP contribution in [0.5, 0.6) is 0 Å². The van der Waals surface area contributed by atoms with Crippen LogP contribution in [0, 0.1) is 0 Å². The molecule has 0 spiro atoms. The van der Waals surface area contributed by atoms with E-state index in [-0.39, 0.29) is 6.67 Å². The molecule has 0 aliphatic carbocycles. The molecule has 0 nitrogen and oxygen atoms in total. The summed E-state index contributed by atoms with van der Waals surface area (Å²) >= 11 is 3.33. The number of halogens is 2. The van der Waals surface area contributed by atoms with Crippen LogP contribution in [0.15, 0.2) is 28.7 Å². The fourth-order valence-electron chi connectivity index (χ4n) is 0.803. The predicted molar refractivity (Wildman–Crippen MR) is 43.8 cm³/mol. The van der Waals surface area contributed by atoms with Gasteiger partial charge in [-0.3, -0.25) is 4.39 Å². The highest BCUT2D eigenvalue weighted by molar-refractivity contribution is 9.10. The predicted octanol–water partition coefficient (Wildman–Crippen LogP) is 2.96. The monoisotopic (exact) mass is 202 g/mol. The van der Waals surface area contributed by atoms with E-state index in [1.54, 1.807) is 0 Å². The Labute approximate surface area is 68.2 Å². The van der Waals surface area contributed by atoms with Crippen molar-refractivity contribution < 1.29 is 4.39 Å². The molecule has 0 aliphatic heterocycles. The Balaban J connectivity index is 2.81. The second-order valence-corrected chi connectivity index (χ2v) is 2.88. The van der Waals surface area contributed by atoms with Crippen molar-refractivity contribution >= 4 is 15.9 Å². The van der Waals surface area contributed by atoms with Crippen LogP contribution < -0.4 is 0 Å². The third-order valence-electron chi connectivity index (χ3n) is 1.32. The molecule has 0 N–H and O–H groups in total. The van der Waals surface area contributed by atoms with Crippen LogP contribution in [0.1, 0.15) is 5.56 Å². The van der Waals surface area contributed by atoms with Crippen LogP contribution in [0.3, 0.4) is 0 Å². The molecule has 0 unspecified atom stereocenters. The smallest absolute Gasteiger partial charge is 0.0935 e. The van der Waals surface area contributed by atoms with Crippen LogP contribution in [0.2, 0.25) is 0 Å². The lowest BCUT2D eigenvalue weighted by Crippen LogP contribution is -1.86. The minimum atomic E-state index is -0.289. The van der Waals surface area contributed by atoms with Crippen molar-refractivity contribution in [2.75, 3.05) is 6.67 Å². The normalized spacial score (nSPS) is 9.80. The first-order chi connectivity index (χ1) is 4.84. The Morgan fingerprint density at radius 1 is 1.30 bits per heavy atom. The SMILES string of the molecule is FCCc1ccccc1Br. The average molecular weight is 203 g/mol. The molecular weight excluding hydrogens is 195 g/mol. The van der Waals surface area contributed by atoms with Crippen molar-refractivity contribution in [1.82, 2.24) is 0 Å². The first kappa shape index (κ1) is 7.73. The maximum atomic E-state index is 11.8. The Morgan fingerprint density at radius 3 is 2.60 bits per heavy atom. The molecule has 0 fully saturated rings. The van der Waals surface area contributed by atoms with E-state index in [1.807, 2.05) is 24.3 Å². The van der Waals surface area contributed by atoms with Crippen molar-refractivity contribution in [3.63, 3.8) is 0 Å². The third kappa shape index (κ3) is 1.81. The Hall–Kier alpha value is -0.370. The molecule has 0 aromatic heterocycles. The quantitative estimate of drug-likeness (QED) is 0.693. The summed E-state index contributed by atoms with van der Waals surface area (Å²) in [7, 11) is 0. The molecule has 1 aromatic rings. The maximum Gasteiger partial charge on any atom is 0.0935 e. The van der Waals surface area contributed by atoms with Crippen LogP contribution in [0.4, 0.5) is 4.39 Å². The lowest BCUT2D eigenvalue weighted by Gasteiger charge is -1.98. The molecule has 0 atom stereocenters. The molecular formula is C8H8BrF. The molecule has 0 bridgehead atoms. The second kappa shape index (κ2) is 3.71. The largest absolute Gasteiger partial charge is 0.251 e. The van der Waals surface area contributed by atoms with Gasteiger partial charge >= 0.3 is 0 Å². The minimum absolute atomic E-state index is 0.289. The molecule has 54 valence electrons. The van der Waals surface area contributed by atoms with Gasteiger partial charge < -0.3 is 0 Å². The number of benzene rings is 1. The molecule has 1 rings (SSSR count). The van der Waals surface area contributed by atoms with Gasteiger partial charge in [-0.2, -0.15) is 0 Å². The summed E-state index contributed by atoms with van der Waals surface area (Å²) in [4.78, 5) is 0. The highest BCUT2D eigenvalue weighted by Crippen LogP contribution is 2.15. The van der Waals surface area contributed by atoms with Crippen LogP contribution in [0.25, 0.3) is 0 Å². The van der Waals surface area contributed by atoms with Gasteiger partial charge in [0.1, 0.15) is 0 Å². The lowest BCUT2D eigenvalue weighted by molar-refractivity contribution is 0.495. The molecule has 0 saturated carbocycles. The van der Waals surface area contributed by atoms with E-state index in [0.717, 1.165) is 10.0 Å². The van der Waals surface area contributed by atoms with Gasteiger partial charge in [-0.05, 0) is 11.6 Å². The van der Waals surface area contributed by atoms with Crippen molar-refractivity contribution in [2.24, 2.45) is 0 Å². The molecule has 0 saturated heterocycles. The molecule has 0 heterocycles. The minimum Gasteiger partial charge on any atom is -0.251 e. The van der Waals surface area contributed by atoms with E-state index in [2.05, 4.69) is 15.9 Å². The van der Waals surface area contributed by atoms with Gasteiger partial charge in [0.25, 0.3) is 0 Å². The zero-order valence-corrected chi connectivity index (χ0v) is 7.07. The maximum absolute atomic E-state index is 11.8. The zero-order chi connectivity index (χ0) is 7.40. The Kier molecular flexibility index (Phi) is 2.87. The number of rotatable bonds is 2. The molecule has 2 heteroatoms. The van der Waals surface area contributed by atoms with Crippen molar-refractivity contribution in [3.8, 4) is 0 Å². The summed E-state index contributed by atoms with van der Waals surface area (Å²) in [6, 6.07) is 7.68. The summed E-state index contributed by atoms with van der Waals surface area (Å²) in [5, 5.41) is 0. The first-order valence-electron chi connectivity index (χ1n) is 3.14. The van der Waals surface area contributed by atoms with E-state index in [9.17, 15) is 4.39 Å². The van der Waals surface area contributed by atoms with Crippen LogP contribution >= 0.6 is 15.9 Å². The summed E-state index contributed by atoms with van der Waals surface area (Å²) in [5.41, 5.74) is 1.03. The highest BCUT2D eigenvalue weighted by atomic mass is 79.9. The second-order valence-electron chi connectivity index (χ2n) is 2.03. The summed E-state index contributed by atoms with van der Waals surface area (Å²) in [6.07, 6.45) is 0.501. The van der Waals surface area contributed by atoms with Gasteiger partial charge in [-0.25, -0.2) is 0 Å². The van der Waals surface area contributed by atoms with E-state index >= 15 is 0 Å². The van der Waals surface area contributed by atoms with Gasteiger partial charge in [0.15, 0.2) is 0 Å². The van der Waals surface area contributed by atoms with E-state index in [4.69, 9.17) is 0 Å². The average Bonchev–Trinajstić information content (AvgIpc) is 1.94. The van der Waals surface area contributed by atoms with Crippen LogP contribution in [-0.2, 0) is 6.42 Å². The summed E-state index contributed by atoms with van der Waals surface area (Å²) < 4.78 is 12.8. The fraction of sp³-hybridized carbons (Fsp3) is 0.250. The van der Waals surface area contributed by atoms with Gasteiger partial charge in [0.2, 0.25) is 0 Å². The van der Waals surface area contributed by atoms with Crippen molar-refractivity contribution in [3.05, 3.63) is 34.3 Å². The van der Waals surface area contributed by atoms with E-state index in [1.165, 1.54) is 0 Å². The standard InChI is InChI=1S/C8H8BrF/c9-8-4-2-1-3-7(8)5-6-10/h1-4H,5-6H2. The third-order valence-corrected chi connectivity index (χ3v) is 2.10. The Morgan fingerprint density at radius 2 is 2.00 bits per heavy atom. The highest BCUT2D eigenvalue weighted by Gasteiger charge is 1.95. The molecule has 1 aromatic carbocycles. The van der Waals surface area contributed by atoms with Gasteiger partial charge in [-0.1, -0.05) is 34.1 Å². The van der Waals surface area contributed by atoms with Gasteiger partial charge in [-0.15, -0.1) is 0 Å². The van der Waals surface area contributed by atoms with E-state index < -0.39 is 0 Å². The van der Waals surface area contributed by atoms with Crippen LogP contribution in [-0.4, -0.2) is 6.67 Å². The summed E-state index contributed by atoms with van der Waals surface area (Å²) in [6.45, 7) is -0.289. The van der Waals surface area contributed by atoms with Crippen molar-refractivity contribution in [1.29, 1.82) is 0 Å². The van der Waals surface area contributed by atoms with Gasteiger partial charge in [0.05, 0.1) is 6.67 Å². The van der Waals surface area contributed by atoms with E-state index in [0.29, 0.717) is 6.42 Å². The Bertz CT molecular complexity index is 210. The van der Waals surface area contributed by atoms with Gasteiger partial charge in [0, 0.05) is 10.9 Å². The molecule has 0 amide bonds. The topological polar surface area (TPSA) is 0 Å². The zero-order valence-electron chi connectivity index (χ0n) is 5.48.